The average molecular weight is 270 g/mol. The quantitative estimate of drug-likeness (QED) is 0.881. The van der Waals surface area contributed by atoms with E-state index in [1.165, 1.54) is 11.5 Å². The van der Waals surface area contributed by atoms with Crippen molar-refractivity contribution >= 4 is 16.7 Å². The van der Waals surface area contributed by atoms with Gasteiger partial charge in [0.25, 0.3) is 0 Å². The van der Waals surface area contributed by atoms with Gasteiger partial charge in [-0.25, -0.2) is 4.98 Å². The molecule has 1 aliphatic rings. The number of rotatable bonds is 5. The fourth-order valence-electron chi connectivity index (χ4n) is 2.16. The molecule has 1 aromatic heterocycles. The van der Waals surface area contributed by atoms with Crippen molar-refractivity contribution in [1.29, 1.82) is 0 Å². The summed E-state index contributed by atoms with van der Waals surface area (Å²) < 4.78 is 9.92. The maximum Gasteiger partial charge on any atom is 0.202 e. The highest BCUT2D eigenvalue weighted by Crippen LogP contribution is 2.12. The zero-order valence-electron chi connectivity index (χ0n) is 11.3. The van der Waals surface area contributed by atoms with Crippen LogP contribution in [0.1, 0.15) is 19.7 Å². The van der Waals surface area contributed by atoms with Gasteiger partial charge in [-0.2, -0.15) is 4.37 Å². The van der Waals surface area contributed by atoms with Crippen molar-refractivity contribution in [3.8, 4) is 0 Å². The second-order valence-electron chi connectivity index (χ2n) is 5.17. The van der Waals surface area contributed by atoms with Gasteiger partial charge >= 0.3 is 0 Å². The Morgan fingerprint density at radius 3 is 3.06 bits per heavy atom. The minimum Gasteiger partial charge on any atom is -0.374 e. The van der Waals surface area contributed by atoms with Crippen LogP contribution in [-0.4, -0.2) is 53.1 Å². The number of aromatic nitrogens is 2. The molecule has 0 aromatic carbocycles. The van der Waals surface area contributed by atoms with E-state index in [2.05, 4.69) is 33.4 Å². The lowest BCUT2D eigenvalue weighted by Crippen LogP contribution is -2.46. The molecular weight excluding hydrogens is 248 g/mol. The molecule has 1 aromatic rings. The molecule has 0 amide bonds. The van der Waals surface area contributed by atoms with Crippen LogP contribution in [0.4, 0.5) is 5.13 Å². The van der Waals surface area contributed by atoms with Crippen LogP contribution in [0.15, 0.2) is 0 Å². The Bertz CT molecular complexity index is 369. The second kappa shape index (κ2) is 6.45. The average Bonchev–Trinajstić information content (AvgIpc) is 2.72. The summed E-state index contributed by atoms with van der Waals surface area (Å²) in [6.07, 6.45) is 0.252. The number of nitrogens with zero attached hydrogens (tertiary/aromatic N) is 3. The van der Waals surface area contributed by atoms with Crippen molar-refractivity contribution in [2.24, 2.45) is 5.92 Å². The summed E-state index contributed by atoms with van der Waals surface area (Å²) in [7, 11) is 0. The predicted octanol–water partition coefficient (Wildman–Crippen LogP) is 1.62. The number of anilines is 1. The molecule has 0 spiro atoms. The van der Waals surface area contributed by atoms with Crippen molar-refractivity contribution in [3.63, 3.8) is 0 Å². The second-order valence-corrected chi connectivity index (χ2v) is 5.93. The molecule has 1 saturated heterocycles. The van der Waals surface area contributed by atoms with Crippen LogP contribution >= 0.6 is 11.5 Å². The zero-order valence-corrected chi connectivity index (χ0v) is 12.2. The molecule has 0 radical (unpaired) electrons. The van der Waals surface area contributed by atoms with Gasteiger partial charge in [-0.1, -0.05) is 13.8 Å². The molecule has 2 heterocycles. The fourth-order valence-corrected chi connectivity index (χ4v) is 2.74. The van der Waals surface area contributed by atoms with Crippen molar-refractivity contribution < 1.29 is 4.74 Å². The van der Waals surface area contributed by atoms with Crippen LogP contribution in [-0.2, 0) is 4.74 Å². The van der Waals surface area contributed by atoms with E-state index in [1.54, 1.807) is 0 Å². The van der Waals surface area contributed by atoms with Crippen LogP contribution in [0.3, 0.4) is 0 Å². The molecule has 0 unspecified atom stereocenters. The van der Waals surface area contributed by atoms with Gasteiger partial charge in [0.1, 0.15) is 5.82 Å². The summed E-state index contributed by atoms with van der Waals surface area (Å²) in [5.74, 6) is 1.54. The third-order valence-electron chi connectivity index (χ3n) is 2.85. The molecule has 1 atom stereocenters. The van der Waals surface area contributed by atoms with Gasteiger partial charge in [-0.3, -0.25) is 4.90 Å². The summed E-state index contributed by atoms with van der Waals surface area (Å²) in [6.45, 7) is 11.3. The summed E-state index contributed by atoms with van der Waals surface area (Å²) in [5, 5.41) is 4.19. The molecule has 1 aliphatic heterocycles. The normalized spacial score (nSPS) is 21.4. The third-order valence-corrected chi connectivity index (χ3v) is 3.62. The number of hydrogen-bond acceptors (Lipinski definition) is 6. The third kappa shape index (κ3) is 4.19. The highest BCUT2D eigenvalue weighted by atomic mass is 32.1. The molecular formula is C12H22N4OS. The molecule has 102 valence electrons. The number of nitrogens with one attached hydrogen (secondary N) is 1. The van der Waals surface area contributed by atoms with Gasteiger partial charge in [0.15, 0.2) is 0 Å². The van der Waals surface area contributed by atoms with E-state index in [-0.39, 0.29) is 6.10 Å². The van der Waals surface area contributed by atoms with Crippen LogP contribution in [0.5, 0.6) is 0 Å². The first-order valence-electron chi connectivity index (χ1n) is 6.51. The molecule has 0 saturated carbocycles. The first-order chi connectivity index (χ1) is 8.63. The summed E-state index contributed by atoms with van der Waals surface area (Å²) >= 11 is 1.41. The first kappa shape index (κ1) is 13.7. The monoisotopic (exact) mass is 270 g/mol. The standard InChI is InChI=1S/C12H22N4OS/c1-9(2)7-16-4-5-17-11(8-16)6-13-12-14-10(3)15-18-12/h9,11H,4-8H2,1-3H3,(H,13,14,15)/t11-/m0/s1. The van der Waals surface area contributed by atoms with Crippen molar-refractivity contribution in [3.05, 3.63) is 5.82 Å². The first-order valence-corrected chi connectivity index (χ1v) is 7.29. The Hall–Kier alpha value is -0.720. The van der Waals surface area contributed by atoms with Crippen LogP contribution in [0.2, 0.25) is 0 Å². The number of aryl methyl sites for hydroxylation is 1. The van der Waals surface area contributed by atoms with E-state index < -0.39 is 0 Å². The van der Waals surface area contributed by atoms with Gasteiger partial charge in [0.2, 0.25) is 5.13 Å². The highest BCUT2D eigenvalue weighted by molar-refractivity contribution is 7.09. The van der Waals surface area contributed by atoms with Crippen LogP contribution < -0.4 is 5.32 Å². The largest absolute Gasteiger partial charge is 0.374 e. The molecule has 1 fully saturated rings. The Kier molecular flexibility index (Phi) is 4.91. The number of morpholine rings is 1. The predicted molar refractivity (Wildman–Crippen MR) is 74.2 cm³/mol. The van der Waals surface area contributed by atoms with E-state index in [0.717, 1.165) is 43.7 Å². The molecule has 18 heavy (non-hydrogen) atoms. The van der Waals surface area contributed by atoms with Crippen molar-refractivity contribution in [2.75, 3.05) is 38.1 Å². The molecule has 0 bridgehead atoms. The SMILES string of the molecule is Cc1nsc(NC[C@H]2CN(CC(C)C)CCO2)n1. The Morgan fingerprint density at radius 2 is 2.39 bits per heavy atom. The Balaban J connectivity index is 1.75. The van der Waals surface area contributed by atoms with E-state index in [4.69, 9.17) is 4.74 Å². The maximum atomic E-state index is 5.77. The van der Waals surface area contributed by atoms with Crippen LogP contribution in [0.25, 0.3) is 0 Å². The number of hydrogen-bond donors (Lipinski definition) is 1. The maximum absolute atomic E-state index is 5.77. The smallest absolute Gasteiger partial charge is 0.202 e. The van der Waals surface area contributed by atoms with Gasteiger partial charge in [0, 0.05) is 37.7 Å². The van der Waals surface area contributed by atoms with E-state index in [1.807, 2.05) is 6.92 Å². The van der Waals surface area contributed by atoms with Gasteiger partial charge in [-0.05, 0) is 12.8 Å². The zero-order chi connectivity index (χ0) is 13.0. The van der Waals surface area contributed by atoms with Crippen LogP contribution in [0, 0.1) is 12.8 Å². The Labute approximate surface area is 113 Å². The van der Waals surface area contributed by atoms with Gasteiger partial charge in [0.05, 0.1) is 12.7 Å². The van der Waals surface area contributed by atoms with Gasteiger partial charge in [-0.15, -0.1) is 0 Å². The highest BCUT2D eigenvalue weighted by Gasteiger charge is 2.20. The summed E-state index contributed by atoms with van der Waals surface area (Å²) in [5.41, 5.74) is 0. The lowest BCUT2D eigenvalue weighted by Gasteiger charge is -2.33. The summed E-state index contributed by atoms with van der Waals surface area (Å²) in [6, 6.07) is 0. The fraction of sp³-hybridized carbons (Fsp3) is 0.833. The molecule has 5 nitrogen and oxygen atoms in total. The molecule has 0 aliphatic carbocycles. The number of ether oxygens (including phenoxy) is 1. The minimum absolute atomic E-state index is 0.252. The van der Waals surface area contributed by atoms with E-state index in [0.29, 0.717) is 5.92 Å². The van der Waals surface area contributed by atoms with Crippen molar-refractivity contribution in [2.45, 2.75) is 26.9 Å². The van der Waals surface area contributed by atoms with Gasteiger partial charge < -0.3 is 10.1 Å². The lowest BCUT2D eigenvalue weighted by atomic mass is 10.2. The van der Waals surface area contributed by atoms with E-state index in [9.17, 15) is 0 Å². The molecule has 2 rings (SSSR count). The topological polar surface area (TPSA) is 50.3 Å². The molecule has 6 heteroatoms. The Morgan fingerprint density at radius 1 is 1.56 bits per heavy atom. The van der Waals surface area contributed by atoms with E-state index >= 15 is 0 Å². The van der Waals surface area contributed by atoms with Crippen molar-refractivity contribution in [1.82, 2.24) is 14.3 Å². The minimum atomic E-state index is 0.252. The summed E-state index contributed by atoms with van der Waals surface area (Å²) in [4.78, 5) is 6.77. The lowest BCUT2D eigenvalue weighted by molar-refractivity contribution is -0.0244. The molecule has 1 N–H and O–H groups in total.